The Labute approximate surface area is 167 Å². The van der Waals surface area contributed by atoms with Gasteiger partial charge in [-0.1, -0.05) is 5.16 Å². The van der Waals surface area contributed by atoms with Crippen molar-refractivity contribution in [3.05, 3.63) is 35.4 Å². The highest BCUT2D eigenvalue weighted by molar-refractivity contribution is 6.05. The number of carbonyl (C=O) groups excluding carboxylic acids is 2. The first kappa shape index (κ1) is 19.8. The summed E-state index contributed by atoms with van der Waals surface area (Å²) >= 11 is 0. The molecule has 3 aliphatic rings. The zero-order valence-electron chi connectivity index (χ0n) is 16.1. The molecule has 9 heteroatoms. The molecule has 3 aliphatic heterocycles. The van der Waals surface area contributed by atoms with Crippen molar-refractivity contribution < 1.29 is 27.9 Å². The first-order valence-corrected chi connectivity index (χ1v) is 9.77. The van der Waals surface area contributed by atoms with Gasteiger partial charge >= 0.3 is 0 Å². The highest BCUT2D eigenvalue weighted by Gasteiger charge is 2.44. The van der Waals surface area contributed by atoms with Crippen LogP contribution in [0.25, 0.3) is 0 Å². The lowest BCUT2D eigenvalue weighted by atomic mass is 9.94. The van der Waals surface area contributed by atoms with E-state index < -0.39 is 29.2 Å². The minimum absolute atomic E-state index is 0.0265. The molecule has 0 aromatic heterocycles. The fourth-order valence-corrected chi connectivity index (χ4v) is 3.92. The van der Waals surface area contributed by atoms with Crippen LogP contribution in [0.15, 0.2) is 23.4 Å². The summed E-state index contributed by atoms with van der Waals surface area (Å²) in [6.45, 7) is 3.32. The zero-order valence-corrected chi connectivity index (χ0v) is 16.1. The van der Waals surface area contributed by atoms with Crippen LogP contribution in [0.1, 0.15) is 38.2 Å². The van der Waals surface area contributed by atoms with Gasteiger partial charge in [-0.05, 0) is 31.9 Å². The van der Waals surface area contributed by atoms with Crippen LogP contribution >= 0.6 is 0 Å². The number of halogens is 2. The second-order valence-electron chi connectivity index (χ2n) is 7.96. The van der Waals surface area contributed by atoms with Gasteiger partial charge in [0.25, 0.3) is 11.8 Å². The molecule has 3 heterocycles. The van der Waals surface area contributed by atoms with Crippen LogP contribution in [0.2, 0.25) is 0 Å². The molecule has 0 bridgehead atoms. The third-order valence-electron chi connectivity index (χ3n) is 5.56. The van der Waals surface area contributed by atoms with Gasteiger partial charge in [-0.25, -0.2) is 8.78 Å². The number of hydrogen-bond acceptors (Lipinski definition) is 5. The van der Waals surface area contributed by atoms with Crippen molar-refractivity contribution in [2.45, 2.75) is 50.4 Å². The van der Waals surface area contributed by atoms with Gasteiger partial charge in [0.2, 0.25) is 5.60 Å². The van der Waals surface area contributed by atoms with Crippen LogP contribution in [-0.4, -0.2) is 59.9 Å². The second kappa shape index (κ2) is 7.70. The molecular weight excluding hydrogens is 384 g/mol. The average molecular weight is 407 g/mol. The lowest BCUT2D eigenvalue weighted by molar-refractivity contribution is -0.142. The molecule has 7 nitrogen and oxygen atoms in total. The summed E-state index contributed by atoms with van der Waals surface area (Å²) in [6, 6.07) is 2.75. The van der Waals surface area contributed by atoms with E-state index in [1.54, 1.807) is 11.8 Å². The fourth-order valence-electron chi connectivity index (χ4n) is 3.92. The zero-order chi connectivity index (χ0) is 20.6. The molecule has 0 aliphatic carbocycles. The lowest BCUT2D eigenvalue weighted by Gasteiger charge is -2.23. The first-order chi connectivity index (χ1) is 13.8. The molecule has 0 spiro atoms. The van der Waals surface area contributed by atoms with Crippen LogP contribution in [0, 0.1) is 11.6 Å². The molecule has 4 rings (SSSR count). The predicted octanol–water partition coefficient (Wildman–Crippen LogP) is 1.74. The quantitative estimate of drug-likeness (QED) is 0.825. The van der Waals surface area contributed by atoms with Crippen molar-refractivity contribution in [2.24, 2.45) is 5.16 Å². The van der Waals surface area contributed by atoms with Gasteiger partial charge < -0.3 is 19.8 Å². The van der Waals surface area contributed by atoms with E-state index in [1.807, 2.05) is 0 Å². The largest absolute Gasteiger partial charge is 0.379 e. The normalized spacial score (nSPS) is 28.9. The van der Waals surface area contributed by atoms with E-state index in [1.165, 1.54) is 0 Å². The Morgan fingerprint density at radius 1 is 1.21 bits per heavy atom. The monoisotopic (exact) mass is 407 g/mol. The summed E-state index contributed by atoms with van der Waals surface area (Å²) in [4.78, 5) is 32.3. The smallest absolute Gasteiger partial charge is 0.267 e. The summed E-state index contributed by atoms with van der Waals surface area (Å²) in [7, 11) is 0. The number of benzene rings is 1. The van der Waals surface area contributed by atoms with E-state index in [0.717, 1.165) is 44.1 Å². The number of ether oxygens (including phenoxy) is 1. The molecule has 29 heavy (non-hydrogen) atoms. The Balaban J connectivity index is 1.34. The molecule has 3 unspecified atom stereocenters. The first-order valence-electron chi connectivity index (χ1n) is 9.77. The third-order valence-corrected chi connectivity index (χ3v) is 5.56. The molecule has 1 aromatic carbocycles. The highest BCUT2D eigenvalue weighted by Crippen LogP contribution is 2.28. The van der Waals surface area contributed by atoms with E-state index in [-0.39, 0.29) is 30.5 Å². The number of nitrogens with zero attached hydrogens (tertiary/aromatic N) is 2. The van der Waals surface area contributed by atoms with Crippen molar-refractivity contribution in [3.8, 4) is 0 Å². The Bertz CT molecular complexity index is 836. The van der Waals surface area contributed by atoms with Gasteiger partial charge in [0.05, 0.1) is 18.4 Å². The predicted molar refractivity (Wildman–Crippen MR) is 99.1 cm³/mol. The maximum Gasteiger partial charge on any atom is 0.267 e. The Morgan fingerprint density at radius 2 is 1.90 bits per heavy atom. The van der Waals surface area contributed by atoms with Crippen molar-refractivity contribution in [2.75, 3.05) is 19.7 Å². The van der Waals surface area contributed by atoms with Crippen LogP contribution in [-0.2, 0) is 19.2 Å². The molecule has 156 valence electrons. The van der Waals surface area contributed by atoms with Crippen molar-refractivity contribution in [1.29, 1.82) is 0 Å². The molecule has 0 radical (unpaired) electrons. The third kappa shape index (κ3) is 4.10. The van der Waals surface area contributed by atoms with Crippen molar-refractivity contribution >= 4 is 17.5 Å². The molecule has 0 saturated carbocycles. The van der Waals surface area contributed by atoms with Gasteiger partial charge in [0.1, 0.15) is 17.7 Å². The van der Waals surface area contributed by atoms with Gasteiger partial charge in [-0.3, -0.25) is 9.59 Å². The lowest BCUT2D eigenvalue weighted by Crippen LogP contribution is -2.49. The summed E-state index contributed by atoms with van der Waals surface area (Å²) in [5.74, 6) is -1.88. The Morgan fingerprint density at radius 3 is 2.59 bits per heavy atom. The summed E-state index contributed by atoms with van der Waals surface area (Å²) < 4.78 is 32.5. The van der Waals surface area contributed by atoms with Gasteiger partial charge in [0.15, 0.2) is 0 Å². The number of likely N-dealkylation sites (tertiary alicyclic amines) is 1. The van der Waals surface area contributed by atoms with Crippen molar-refractivity contribution in [1.82, 2.24) is 10.2 Å². The molecule has 1 N–H and O–H groups in total. The average Bonchev–Trinajstić information content (AvgIpc) is 3.41. The minimum Gasteiger partial charge on any atom is -0.379 e. The number of rotatable bonds is 4. The number of hydrogen-bond donors (Lipinski definition) is 1. The highest BCUT2D eigenvalue weighted by atomic mass is 19.1. The molecule has 3 atom stereocenters. The van der Waals surface area contributed by atoms with Gasteiger partial charge in [0, 0.05) is 37.6 Å². The topological polar surface area (TPSA) is 80.2 Å². The van der Waals surface area contributed by atoms with E-state index in [9.17, 15) is 18.4 Å². The van der Waals surface area contributed by atoms with E-state index in [2.05, 4.69) is 10.5 Å². The molecular formula is C20H23F2N3O4. The molecule has 2 fully saturated rings. The molecule has 2 amide bonds. The number of nitrogens with one attached hydrogen (secondary N) is 1. The number of oxime groups is 1. The van der Waals surface area contributed by atoms with Crippen LogP contribution < -0.4 is 5.32 Å². The summed E-state index contributed by atoms with van der Waals surface area (Å²) in [5.41, 5.74) is -0.764. The number of amides is 2. The van der Waals surface area contributed by atoms with Crippen LogP contribution in [0.4, 0.5) is 8.78 Å². The Kier molecular flexibility index (Phi) is 5.24. The Hall–Kier alpha value is -2.55. The second-order valence-corrected chi connectivity index (χ2v) is 7.96. The molecule has 1 aromatic rings. The number of carbonyl (C=O) groups is 2. The standard InChI is InChI=1S/C20H23F2N3O4/c1-20(10-16(24-29-20)12-6-13(21)8-14(22)7-12)19(27)23-15-9-17(28-11-15)18(26)25-4-2-3-5-25/h6-8,15,17H,2-5,9-11H2,1H3,(H,23,27). The maximum atomic E-state index is 13.5. The van der Waals surface area contributed by atoms with E-state index in [0.29, 0.717) is 12.1 Å². The van der Waals surface area contributed by atoms with Gasteiger partial charge in [-0.15, -0.1) is 0 Å². The SMILES string of the molecule is CC1(C(=O)NC2COC(C(=O)N3CCCC3)C2)CC(c2cc(F)cc(F)c2)=NO1. The maximum absolute atomic E-state index is 13.5. The summed E-state index contributed by atoms with van der Waals surface area (Å²) in [5, 5.41) is 6.71. The van der Waals surface area contributed by atoms with E-state index in [4.69, 9.17) is 9.57 Å². The molecule has 2 saturated heterocycles. The van der Waals surface area contributed by atoms with Crippen molar-refractivity contribution in [3.63, 3.8) is 0 Å². The minimum atomic E-state index is -1.30. The van der Waals surface area contributed by atoms with Gasteiger partial charge in [-0.2, -0.15) is 0 Å². The van der Waals surface area contributed by atoms with Crippen LogP contribution in [0.3, 0.4) is 0 Å². The summed E-state index contributed by atoms with van der Waals surface area (Å²) in [6.07, 6.45) is 1.95. The fraction of sp³-hybridized carbons (Fsp3) is 0.550. The van der Waals surface area contributed by atoms with E-state index >= 15 is 0 Å². The van der Waals surface area contributed by atoms with Crippen LogP contribution in [0.5, 0.6) is 0 Å².